The van der Waals surface area contributed by atoms with Crippen LogP contribution in [0.4, 0.5) is 0 Å². The van der Waals surface area contributed by atoms with Crippen LogP contribution in [0.15, 0.2) is 9.98 Å². The molecular formula is C5H10N2. The van der Waals surface area contributed by atoms with Gasteiger partial charge in [-0.2, -0.15) is 0 Å². The average Bonchev–Trinajstić information content (AvgIpc) is 1.68. The van der Waals surface area contributed by atoms with Crippen molar-refractivity contribution in [1.82, 2.24) is 0 Å². The summed E-state index contributed by atoms with van der Waals surface area (Å²) >= 11 is 0. The van der Waals surface area contributed by atoms with Gasteiger partial charge in [0.05, 0.1) is 0 Å². The van der Waals surface area contributed by atoms with E-state index in [1.807, 2.05) is 13.8 Å². The molecule has 2 nitrogen and oxygen atoms in total. The van der Waals surface area contributed by atoms with Crippen LogP contribution in [0.3, 0.4) is 0 Å². The van der Waals surface area contributed by atoms with Gasteiger partial charge >= 0.3 is 0 Å². The van der Waals surface area contributed by atoms with Crippen molar-refractivity contribution in [2.75, 3.05) is 7.05 Å². The molecule has 0 aromatic heterocycles. The molecule has 2 heteroatoms. The highest BCUT2D eigenvalue weighted by atomic mass is 14.9. The number of amidine groups is 1. The quantitative estimate of drug-likeness (QED) is 0.320. The first-order valence-electron chi connectivity index (χ1n) is 2.23. The molecule has 0 aromatic carbocycles. The summed E-state index contributed by atoms with van der Waals surface area (Å²) in [6.45, 7) is 3.73. The van der Waals surface area contributed by atoms with Crippen molar-refractivity contribution in [2.24, 2.45) is 9.98 Å². The van der Waals surface area contributed by atoms with Crippen LogP contribution in [0.2, 0.25) is 0 Å². The van der Waals surface area contributed by atoms with Crippen LogP contribution in [-0.2, 0) is 0 Å². The van der Waals surface area contributed by atoms with Gasteiger partial charge in [0.1, 0.15) is 5.84 Å². The van der Waals surface area contributed by atoms with E-state index >= 15 is 0 Å². The van der Waals surface area contributed by atoms with Crippen molar-refractivity contribution in [3.8, 4) is 0 Å². The van der Waals surface area contributed by atoms with Crippen LogP contribution in [0, 0.1) is 0 Å². The fourth-order valence-electron chi connectivity index (χ4n) is 0.245. The van der Waals surface area contributed by atoms with Gasteiger partial charge in [-0.1, -0.05) is 0 Å². The summed E-state index contributed by atoms with van der Waals surface area (Å²) in [4.78, 5) is 7.66. The van der Waals surface area contributed by atoms with Crippen LogP contribution in [0.5, 0.6) is 0 Å². The first-order valence-corrected chi connectivity index (χ1v) is 2.23. The van der Waals surface area contributed by atoms with Gasteiger partial charge in [-0.15, -0.1) is 0 Å². The summed E-state index contributed by atoms with van der Waals surface area (Å²) in [5.74, 6) is 0.822. The normalized spacial score (nSPS) is 13.3. The Morgan fingerprint density at radius 2 is 2.14 bits per heavy atom. The van der Waals surface area contributed by atoms with Crippen molar-refractivity contribution < 1.29 is 0 Å². The Balaban J connectivity index is 3.58. The molecule has 0 radical (unpaired) electrons. The third-order valence-electron chi connectivity index (χ3n) is 0.640. The van der Waals surface area contributed by atoms with Crippen molar-refractivity contribution in [3.63, 3.8) is 0 Å². The van der Waals surface area contributed by atoms with E-state index in [4.69, 9.17) is 0 Å². The van der Waals surface area contributed by atoms with Crippen molar-refractivity contribution in [1.29, 1.82) is 0 Å². The third kappa shape index (κ3) is 3.16. The van der Waals surface area contributed by atoms with Crippen molar-refractivity contribution in [3.05, 3.63) is 0 Å². The zero-order chi connectivity index (χ0) is 5.70. The standard InChI is InChI=1S/C5H10N2/c1-4-7-5(2)6-3/h4H,1-3H3/b6-5-,7-4-. The Hall–Kier alpha value is -0.660. The van der Waals surface area contributed by atoms with Gasteiger partial charge in [0.25, 0.3) is 0 Å². The molecule has 0 atom stereocenters. The molecule has 0 rings (SSSR count). The van der Waals surface area contributed by atoms with E-state index in [-0.39, 0.29) is 0 Å². The Bertz CT molecular complexity index is 92.3. The monoisotopic (exact) mass is 98.1 g/mol. The lowest BCUT2D eigenvalue weighted by molar-refractivity contribution is 1.38. The number of rotatable bonds is 0. The maximum absolute atomic E-state index is 3.87. The van der Waals surface area contributed by atoms with Crippen LogP contribution in [-0.4, -0.2) is 19.1 Å². The van der Waals surface area contributed by atoms with Crippen LogP contribution in [0.25, 0.3) is 0 Å². The fraction of sp³-hybridized carbons (Fsp3) is 0.600. The average molecular weight is 98.1 g/mol. The number of nitrogens with zero attached hydrogens (tertiary/aromatic N) is 2. The molecule has 0 spiro atoms. The SMILES string of the molecule is C/C=N\C(C)=N/C. The molecule has 0 amide bonds. The molecule has 40 valence electrons. The van der Waals surface area contributed by atoms with Gasteiger partial charge in [0.2, 0.25) is 0 Å². The highest BCUT2D eigenvalue weighted by Gasteiger charge is 1.72. The van der Waals surface area contributed by atoms with E-state index in [1.165, 1.54) is 0 Å². The molecule has 0 bridgehead atoms. The number of aliphatic imine (C=N–C) groups is 2. The van der Waals surface area contributed by atoms with E-state index in [0.717, 1.165) is 5.84 Å². The minimum Gasteiger partial charge on any atom is -0.274 e. The summed E-state index contributed by atoms with van der Waals surface area (Å²) in [5.41, 5.74) is 0. The Morgan fingerprint density at radius 1 is 1.57 bits per heavy atom. The minimum absolute atomic E-state index is 0.822. The summed E-state index contributed by atoms with van der Waals surface area (Å²) in [6.07, 6.45) is 1.72. The fourth-order valence-corrected chi connectivity index (χ4v) is 0.245. The highest BCUT2D eigenvalue weighted by Crippen LogP contribution is 1.72. The lowest BCUT2D eigenvalue weighted by atomic mass is 10.7. The Kier molecular flexibility index (Phi) is 3.19. The van der Waals surface area contributed by atoms with E-state index in [9.17, 15) is 0 Å². The molecule has 0 saturated heterocycles. The molecule has 0 N–H and O–H groups in total. The lowest BCUT2D eigenvalue weighted by Crippen LogP contribution is -1.81. The Morgan fingerprint density at radius 3 is 2.29 bits per heavy atom. The van der Waals surface area contributed by atoms with E-state index in [0.29, 0.717) is 0 Å². The summed E-state index contributed by atoms with van der Waals surface area (Å²) < 4.78 is 0. The Labute approximate surface area is 44.0 Å². The van der Waals surface area contributed by atoms with Gasteiger partial charge in [0, 0.05) is 13.3 Å². The molecule has 0 aromatic rings. The maximum Gasteiger partial charge on any atom is 0.119 e. The van der Waals surface area contributed by atoms with Gasteiger partial charge in [-0.25, -0.2) is 4.99 Å². The molecule has 0 aliphatic heterocycles. The van der Waals surface area contributed by atoms with Gasteiger partial charge < -0.3 is 0 Å². The molecular weight excluding hydrogens is 88.1 g/mol. The molecule has 7 heavy (non-hydrogen) atoms. The van der Waals surface area contributed by atoms with E-state index in [1.54, 1.807) is 13.3 Å². The second-order valence-electron chi connectivity index (χ2n) is 1.16. The topological polar surface area (TPSA) is 24.7 Å². The molecule has 0 aliphatic carbocycles. The second-order valence-corrected chi connectivity index (χ2v) is 1.16. The van der Waals surface area contributed by atoms with Crippen molar-refractivity contribution >= 4 is 12.1 Å². The zero-order valence-electron chi connectivity index (χ0n) is 4.97. The van der Waals surface area contributed by atoms with Gasteiger partial charge in [0.15, 0.2) is 0 Å². The number of hydrogen-bond acceptors (Lipinski definition) is 1. The molecule has 0 heterocycles. The summed E-state index contributed by atoms with van der Waals surface area (Å²) in [5, 5.41) is 0. The molecule has 0 fully saturated rings. The van der Waals surface area contributed by atoms with Crippen LogP contribution >= 0.6 is 0 Å². The number of hydrogen-bond donors (Lipinski definition) is 0. The first-order chi connectivity index (χ1) is 3.31. The summed E-state index contributed by atoms with van der Waals surface area (Å²) in [6, 6.07) is 0. The summed E-state index contributed by atoms with van der Waals surface area (Å²) in [7, 11) is 1.72. The zero-order valence-corrected chi connectivity index (χ0v) is 4.97. The second kappa shape index (κ2) is 3.53. The highest BCUT2D eigenvalue weighted by molar-refractivity contribution is 5.86. The predicted molar refractivity (Wildman–Crippen MR) is 33.2 cm³/mol. The maximum atomic E-state index is 3.87. The molecule has 0 unspecified atom stereocenters. The third-order valence-corrected chi connectivity index (χ3v) is 0.640. The van der Waals surface area contributed by atoms with Crippen LogP contribution in [0.1, 0.15) is 13.8 Å². The van der Waals surface area contributed by atoms with Crippen LogP contribution < -0.4 is 0 Å². The molecule has 0 saturated carbocycles. The minimum atomic E-state index is 0.822. The lowest BCUT2D eigenvalue weighted by Gasteiger charge is -1.81. The first kappa shape index (κ1) is 6.34. The smallest absolute Gasteiger partial charge is 0.119 e. The molecule has 0 aliphatic rings. The van der Waals surface area contributed by atoms with Gasteiger partial charge in [-0.3, -0.25) is 4.99 Å². The van der Waals surface area contributed by atoms with E-state index in [2.05, 4.69) is 9.98 Å². The predicted octanol–water partition coefficient (Wildman–Crippen LogP) is 1.13. The largest absolute Gasteiger partial charge is 0.274 e. The van der Waals surface area contributed by atoms with Crippen molar-refractivity contribution in [2.45, 2.75) is 13.8 Å². The van der Waals surface area contributed by atoms with E-state index < -0.39 is 0 Å². The van der Waals surface area contributed by atoms with Gasteiger partial charge in [-0.05, 0) is 13.8 Å².